The molecule has 30 heavy (non-hydrogen) atoms. The van der Waals surface area contributed by atoms with Crippen molar-refractivity contribution in [1.82, 2.24) is 5.43 Å². The molecule has 152 valence electrons. The molecule has 5 heteroatoms. The van der Waals surface area contributed by atoms with E-state index in [1.807, 2.05) is 24.3 Å². The Balaban J connectivity index is 1.50. The molecular formula is C25H25N3O2. The fraction of sp³-hybridized carbons (Fsp3) is 0.200. The summed E-state index contributed by atoms with van der Waals surface area (Å²) in [5, 5.41) is 15.5. The summed E-state index contributed by atoms with van der Waals surface area (Å²) in [4.78, 5) is 15.4. The number of amides is 1. The number of nitrogens with one attached hydrogen (secondary N) is 1. The molecule has 1 fully saturated rings. The number of benzene rings is 3. The van der Waals surface area contributed by atoms with E-state index in [1.54, 1.807) is 54.7 Å². The van der Waals surface area contributed by atoms with Crippen LogP contribution in [0.15, 0.2) is 90.0 Å². The molecule has 0 unspecified atom stereocenters. The number of carbonyl (C=O) groups is 1. The second-order valence-corrected chi connectivity index (χ2v) is 7.43. The van der Waals surface area contributed by atoms with Gasteiger partial charge < -0.3 is 10.0 Å². The highest BCUT2D eigenvalue weighted by atomic mass is 16.3. The summed E-state index contributed by atoms with van der Waals surface area (Å²) in [6.45, 7) is 2.20. The first kappa shape index (κ1) is 19.9. The van der Waals surface area contributed by atoms with E-state index in [1.165, 1.54) is 18.5 Å². The Bertz CT molecular complexity index is 956. The van der Waals surface area contributed by atoms with Crippen LogP contribution in [0, 0.1) is 0 Å². The Morgan fingerprint density at radius 1 is 0.867 bits per heavy atom. The lowest BCUT2D eigenvalue weighted by Crippen LogP contribution is -2.43. The summed E-state index contributed by atoms with van der Waals surface area (Å²) in [6, 6.07) is 25.9. The van der Waals surface area contributed by atoms with Crippen molar-refractivity contribution in [2.45, 2.75) is 18.4 Å². The summed E-state index contributed by atoms with van der Waals surface area (Å²) in [5.41, 5.74) is 3.73. The minimum atomic E-state index is -1.83. The molecule has 0 bridgehead atoms. The third kappa shape index (κ3) is 4.11. The maximum Gasteiger partial charge on any atom is 0.281 e. The van der Waals surface area contributed by atoms with Crippen molar-refractivity contribution in [3.8, 4) is 0 Å². The van der Waals surface area contributed by atoms with Gasteiger partial charge in [0.05, 0.1) is 6.21 Å². The van der Waals surface area contributed by atoms with Crippen molar-refractivity contribution < 1.29 is 9.90 Å². The molecule has 0 atom stereocenters. The normalized spacial score (nSPS) is 14.2. The molecule has 1 aliphatic heterocycles. The number of nitrogens with zero attached hydrogens (tertiary/aromatic N) is 2. The number of hydrazone groups is 1. The predicted molar refractivity (Wildman–Crippen MR) is 120 cm³/mol. The lowest BCUT2D eigenvalue weighted by atomic mass is 9.85. The maximum atomic E-state index is 13.0. The molecule has 1 heterocycles. The van der Waals surface area contributed by atoms with Crippen molar-refractivity contribution in [2.24, 2.45) is 5.10 Å². The Morgan fingerprint density at radius 3 is 1.93 bits per heavy atom. The van der Waals surface area contributed by atoms with E-state index in [9.17, 15) is 9.90 Å². The Hall–Kier alpha value is -3.44. The largest absolute Gasteiger partial charge is 0.372 e. The fourth-order valence-electron chi connectivity index (χ4n) is 3.78. The van der Waals surface area contributed by atoms with Crippen molar-refractivity contribution in [3.05, 3.63) is 102 Å². The maximum absolute atomic E-state index is 13.0. The number of hydrogen-bond donors (Lipinski definition) is 2. The molecule has 3 aromatic rings. The minimum Gasteiger partial charge on any atom is -0.372 e. The topological polar surface area (TPSA) is 64.9 Å². The summed E-state index contributed by atoms with van der Waals surface area (Å²) in [6.07, 6.45) is 4.06. The van der Waals surface area contributed by atoms with Crippen molar-refractivity contribution in [3.63, 3.8) is 0 Å². The van der Waals surface area contributed by atoms with Gasteiger partial charge in [-0.1, -0.05) is 72.8 Å². The second-order valence-electron chi connectivity index (χ2n) is 7.43. The van der Waals surface area contributed by atoms with Crippen LogP contribution in [0.25, 0.3) is 0 Å². The molecule has 0 aromatic heterocycles. The van der Waals surface area contributed by atoms with Crippen LogP contribution >= 0.6 is 0 Å². The molecule has 1 saturated heterocycles. The monoisotopic (exact) mass is 399 g/mol. The van der Waals surface area contributed by atoms with Gasteiger partial charge in [-0.2, -0.15) is 5.10 Å². The lowest BCUT2D eigenvalue weighted by Gasteiger charge is -2.27. The summed E-state index contributed by atoms with van der Waals surface area (Å²) in [5.74, 6) is -0.607. The molecule has 3 aromatic carbocycles. The zero-order valence-corrected chi connectivity index (χ0v) is 16.7. The quantitative estimate of drug-likeness (QED) is 0.491. The standard InChI is InChI=1S/C25H25N3O2/c29-24(25(30,21-9-3-1-4-10-21)22-11-5-2-6-12-22)27-26-19-20-13-15-23(16-14-20)28-17-7-8-18-28/h1-6,9-16,19,30H,7-8,17-18H2,(H,27,29). The molecule has 0 radical (unpaired) electrons. The summed E-state index contributed by atoms with van der Waals surface area (Å²) < 4.78 is 0. The zero-order chi connectivity index (χ0) is 20.8. The predicted octanol–water partition coefficient (Wildman–Crippen LogP) is 3.67. The highest BCUT2D eigenvalue weighted by Crippen LogP contribution is 2.29. The van der Waals surface area contributed by atoms with E-state index in [4.69, 9.17) is 0 Å². The second kappa shape index (κ2) is 8.93. The van der Waals surface area contributed by atoms with Gasteiger partial charge in [-0.05, 0) is 41.7 Å². The smallest absolute Gasteiger partial charge is 0.281 e. The van der Waals surface area contributed by atoms with E-state index < -0.39 is 11.5 Å². The van der Waals surface area contributed by atoms with Crippen LogP contribution < -0.4 is 10.3 Å². The zero-order valence-electron chi connectivity index (χ0n) is 16.7. The average molecular weight is 399 g/mol. The number of anilines is 1. The Kier molecular flexibility index (Phi) is 5.91. The minimum absolute atomic E-state index is 0.485. The molecule has 1 aliphatic rings. The number of hydrogen-bond acceptors (Lipinski definition) is 4. The van der Waals surface area contributed by atoms with Gasteiger partial charge in [-0.3, -0.25) is 4.79 Å². The van der Waals surface area contributed by atoms with E-state index >= 15 is 0 Å². The van der Waals surface area contributed by atoms with Crippen LogP contribution in [0.3, 0.4) is 0 Å². The van der Waals surface area contributed by atoms with Gasteiger partial charge in [-0.25, -0.2) is 5.43 Å². The van der Waals surface area contributed by atoms with Crippen LogP contribution in [-0.2, 0) is 10.4 Å². The highest BCUT2D eigenvalue weighted by Gasteiger charge is 2.39. The van der Waals surface area contributed by atoms with E-state index in [0.29, 0.717) is 11.1 Å². The lowest BCUT2D eigenvalue weighted by molar-refractivity contribution is -0.136. The first-order valence-electron chi connectivity index (χ1n) is 10.2. The first-order chi connectivity index (χ1) is 14.7. The van der Waals surface area contributed by atoms with E-state index in [0.717, 1.165) is 18.7 Å². The number of carbonyl (C=O) groups excluding carboxylic acids is 1. The third-order valence-electron chi connectivity index (χ3n) is 5.46. The van der Waals surface area contributed by atoms with Crippen molar-refractivity contribution >= 4 is 17.8 Å². The van der Waals surface area contributed by atoms with E-state index in [2.05, 4.69) is 27.6 Å². The summed E-state index contributed by atoms with van der Waals surface area (Å²) in [7, 11) is 0. The molecule has 0 aliphatic carbocycles. The third-order valence-corrected chi connectivity index (χ3v) is 5.46. The Morgan fingerprint density at radius 2 is 1.40 bits per heavy atom. The van der Waals surface area contributed by atoms with Gasteiger partial charge in [0.1, 0.15) is 0 Å². The fourth-order valence-corrected chi connectivity index (χ4v) is 3.78. The summed E-state index contributed by atoms with van der Waals surface area (Å²) >= 11 is 0. The Labute approximate surface area is 176 Å². The molecule has 1 amide bonds. The first-order valence-corrected chi connectivity index (χ1v) is 10.2. The van der Waals surface area contributed by atoms with Gasteiger partial charge in [0.25, 0.3) is 5.91 Å². The molecule has 4 rings (SSSR count). The van der Waals surface area contributed by atoms with E-state index in [-0.39, 0.29) is 0 Å². The molecular weight excluding hydrogens is 374 g/mol. The van der Waals surface area contributed by atoms with Gasteiger partial charge in [0.15, 0.2) is 5.60 Å². The van der Waals surface area contributed by atoms with Gasteiger partial charge in [-0.15, -0.1) is 0 Å². The van der Waals surface area contributed by atoms with Crippen molar-refractivity contribution in [2.75, 3.05) is 18.0 Å². The van der Waals surface area contributed by atoms with Crippen LogP contribution in [-0.4, -0.2) is 30.3 Å². The molecule has 0 spiro atoms. The highest BCUT2D eigenvalue weighted by molar-refractivity contribution is 5.91. The average Bonchev–Trinajstić information content (AvgIpc) is 3.35. The molecule has 5 nitrogen and oxygen atoms in total. The van der Waals surface area contributed by atoms with Crippen LogP contribution in [0.1, 0.15) is 29.5 Å². The van der Waals surface area contributed by atoms with Gasteiger partial charge >= 0.3 is 0 Å². The van der Waals surface area contributed by atoms with Crippen LogP contribution in [0.4, 0.5) is 5.69 Å². The molecule has 0 saturated carbocycles. The van der Waals surface area contributed by atoms with Gasteiger partial charge in [0.2, 0.25) is 0 Å². The number of rotatable bonds is 6. The number of aliphatic hydroxyl groups is 1. The van der Waals surface area contributed by atoms with Crippen LogP contribution in [0.2, 0.25) is 0 Å². The molecule has 2 N–H and O–H groups in total. The van der Waals surface area contributed by atoms with Gasteiger partial charge in [0, 0.05) is 18.8 Å². The van der Waals surface area contributed by atoms with Crippen molar-refractivity contribution in [1.29, 1.82) is 0 Å². The SMILES string of the molecule is O=C(NN=Cc1ccc(N2CCCC2)cc1)C(O)(c1ccccc1)c1ccccc1. The van der Waals surface area contributed by atoms with Crippen LogP contribution in [0.5, 0.6) is 0 Å².